The molecule has 1 aliphatic rings. The smallest absolute Gasteiger partial charge is 0.127 e. The summed E-state index contributed by atoms with van der Waals surface area (Å²) in [5, 5.41) is 9.78. The first-order valence-electron chi connectivity index (χ1n) is 6.59. The van der Waals surface area contributed by atoms with Gasteiger partial charge in [0.05, 0.1) is 4.90 Å². The summed E-state index contributed by atoms with van der Waals surface area (Å²) in [6.45, 7) is 5.88. The maximum absolute atomic E-state index is 12.4. The molecule has 18 heavy (non-hydrogen) atoms. The van der Waals surface area contributed by atoms with Crippen LogP contribution in [-0.2, 0) is 11.0 Å². The van der Waals surface area contributed by atoms with E-state index >= 15 is 0 Å². The summed E-state index contributed by atoms with van der Waals surface area (Å²) in [5.41, 5.74) is 0.873. The second-order valence-electron chi connectivity index (χ2n) is 5.11. The van der Waals surface area contributed by atoms with Crippen molar-refractivity contribution in [2.75, 3.05) is 13.1 Å². The SMILES string of the molecule is CC(C)c1cc(S(=O)N2CCCCC2)ccc1O. The largest absolute Gasteiger partial charge is 0.508 e. The summed E-state index contributed by atoms with van der Waals surface area (Å²) in [4.78, 5) is 0.804. The van der Waals surface area contributed by atoms with Crippen LogP contribution in [0.25, 0.3) is 0 Å². The van der Waals surface area contributed by atoms with E-state index in [1.165, 1.54) is 6.42 Å². The van der Waals surface area contributed by atoms with Gasteiger partial charge >= 0.3 is 0 Å². The number of hydrogen-bond donors (Lipinski definition) is 1. The van der Waals surface area contributed by atoms with Crippen molar-refractivity contribution in [2.45, 2.75) is 43.9 Å². The lowest BCUT2D eigenvalue weighted by molar-refractivity contribution is 0.365. The number of nitrogens with zero attached hydrogens (tertiary/aromatic N) is 1. The third-order valence-electron chi connectivity index (χ3n) is 3.37. The van der Waals surface area contributed by atoms with Crippen LogP contribution in [-0.4, -0.2) is 26.7 Å². The fourth-order valence-electron chi connectivity index (χ4n) is 2.28. The molecular weight excluding hydrogens is 246 g/mol. The van der Waals surface area contributed by atoms with E-state index in [0.717, 1.165) is 36.4 Å². The van der Waals surface area contributed by atoms with E-state index in [0.29, 0.717) is 5.75 Å². The fourth-order valence-corrected chi connectivity index (χ4v) is 3.58. The Morgan fingerprint density at radius 3 is 2.50 bits per heavy atom. The van der Waals surface area contributed by atoms with Crippen molar-refractivity contribution >= 4 is 11.0 Å². The van der Waals surface area contributed by atoms with E-state index in [-0.39, 0.29) is 5.92 Å². The zero-order valence-electron chi connectivity index (χ0n) is 11.1. The predicted octanol–water partition coefficient (Wildman–Crippen LogP) is 3.02. The van der Waals surface area contributed by atoms with Gasteiger partial charge in [0, 0.05) is 13.1 Å². The van der Waals surface area contributed by atoms with Gasteiger partial charge in [-0.05, 0) is 42.5 Å². The lowest BCUT2D eigenvalue weighted by Crippen LogP contribution is -2.31. The zero-order chi connectivity index (χ0) is 13.1. The average molecular weight is 267 g/mol. The van der Waals surface area contributed by atoms with Gasteiger partial charge in [-0.2, -0.15) is 0 Å². The Kier molecular flexibility index (Phi) is 4.40. The second kappa shape index (κ2) is 5.85. The van der Waals surface area contributed by atoms with Crippen LogP contribution in [0.2, 0.25) is 0 Å². The third kappa shape index (κ3) is 2.93. The van der Waals surface area contributed by atoms with Crippen LogP contribution in [0.5, 0.6) is 5.75 Å². The highest BCUT2D eigenvalue weighted by molar-refractivity contribution is 7.82. The van der Waals surface area contributed by atoms with Gasteiger partial charge < -0.3 is 5.11 Å². The van der Waals surface area contributed by atoms with Gasteiger partial charge in [-0.15, -0.1) is 0 Å². The number of benzene rings is 1. The highest BCUT2D eigenvalue weighted by Crippen LogP contribution is 2.28. The third-order valence-corrected chi connectivity index (χ3v) is 4.86. The van der Waals surface area contributed by atoms with Gasteiger partial charge in [0.25, 0.3) is 0 Å². The van der Waals surface area contributed by atoms with Crippen LogP contribution >= 0.6 is 0 Å². The molecule has 0 amide bonds. The lowest BCUT2D eigenvalue weighted by atomic mass is 10.0. The molecule has 0 radical (unpaired) electrons. The minimum absolute atomic E-state index is 0.239. The molecule has 1 fully saturated rings. The molecule has 1 atom stereocenters. The van der Waals surface area contributed by atoms with Crippen LogP contribution in [0.4, 0.5) is 0 Å². The van der Waals surface area contributed by atoms with Crippen molar-refractivity contribution in [2.24, 2.45) is 0 Å². The minimum Gasteiger partial charge on any atom is -0.508 e. The van der Waals surface area contributed by atoms with Gasteiger partial charge in [0.15, 0.2) is 0 Å². The maximum atomic E-state index is 12.4. The molecule has 1 unspecified atom stereocenters. The van der Waals surface area contributed by atoms with E-state index in [4.69, 9.17) is 0 Å². The molecule has 0 spiro atoms. The number of piperidine rings is 1. The molecule has 1 aliphatic heterocycles. The Labute approximate surface area is 111 Å². The molecule has 1 heterocycles. The Bertz CT molecular complexity index is 439. The Balaban J connectivity index is 2.22. The Morgan fingerprint density at radius 1 is 1.22 bits per heavy atom. The van der Waals surface area contributed by atoms with E-state index in [2.05, 4.69) is 0 Å². The molecule has 1 saturated heterocycles. The molecule has 1 N–H and O–H groups in total. The number of rotatable bonds is 3. The number of hydrogen-bond acceptors (Lipinski definition) is 2. The van der Waals surface area contributed by atoms with Crippen LogP contribution in [0.3, 0.4) is 0 Å². The Morgan fingerprint density at radius 2 is 1.89 bits per heavy atom. The van der Waals surface area contributed by atoms with E-state index in [1.54, 1.807) is 12.1 Å². The molecule has 0 bridgehead atoms. The van der Waals surface area contributed by atoms with Crippen molar-refractivity contribution in [3.05, 3.63) is 23.8 Å². The molecule has 0 aliphatic carbocycles. The van der Waals surface area contributed by atoms with Gasteiger partial charge in [0.1, 0.15) is 16.7 Å². The zero-order valence-corrected chi connectivity index (χ0v) is 11.9. The van der Waals surface area contributed by atoms with Gasteiger partial charge in [-0.3, -0.25) is 0 Å². The first-order valence-corrected chi connectivity index (χ1v) is 7.70. The quantitative estimate of drug-likeness (QED) is 0.914. The molecule has 2 rings (SSSR count). The van der Waals surface area contributed by atoms with Crippen LogP contribution in [0.1, 0.15) is 44.6 Å². The summed E-state index contributed by atoms with van der Waals surface area (Å²) in [5.74, 6) is 0.535. The molecule has 1 aromatic carbocycles. The van der Waals surface area contributed by atoms with Crippen molar-refractivity contribution in [3.63, 3.8) is 0 Å². The first-order chi connectivity index (χ1) is 8.59. The van der Waals surface area contributed by atoms with Crippen molar-refractivity contribution < 1.29 is 9.32 Å². The first kappa shape index (κ1) is 13.6. The van der Waals surface area contributed by atoms with Crippen molar-refractivity contribution in [3.8, 4) is 5.75 Å². The average Bonchev–Trinajstić information content (AvgIpc) is 2.39. The summed E-state index contributed by atoms with van der Waals surface area (Å²) in [6, 6.07) is 5.31. The van der Waals surface area contributed by atoms with Crippen molar-refractivity contribution in [1.29, 1.82) is 0 Å². The molecule has 100 valence electrons. The molecule has 0 saturated carbocycles. The maximum Gasteiger partial charge on any atom is 0.127 e. The molecular formula is C14H21NO2S. The number of phenols is 1. The van der Waals surface area contributed by atoms with Crippen molar-refractivity contribution in [1.82, 2.24) is 4.31 Å². The summed E-state index contributed by atoms with van der Waals surface area (Å²) in [7, 11) is -1.08. The van der Waals surface area contributed by atoms with Gasteiger partial charge in [-0.25, -0.2) is 8.51 Å². The molecule has 3 nitrogen and oxygen atoms in total. The molecule has 4 heteroatoms. The minimum atomic E-state index is -1.08. The monoisotopic (exact) mass is 267 g/mol. The Hall–Kier alpha value is -0.870. The lowest BCUT2D eigenvalue weighted by Gasteiger charge is -2.25. The number of aromatic hydroxyl groups is 1. The summed E-state index contributed by atoms with van der Waals surface area (Å²) in [6.07, 6.45) is 3.49. The number of phenolic OH excluding ortho intramolecular Hbond substituents is 1. The van der Waals surface area contributed by atoms with Crippen LogP contribution in [0, 0.1) is 0 Å². The highest BCUT2D eigenvalue weighted by atomic mass is 32.2. The molecule has 1 aromatic rings. The topological polar surface area (TPSA) is 40.5 Å². The molecule has 0 aromatic heterocycles. The fraction of sp³-hybridized carbons (Fsp3) is 0.571. The van der Waals surface area contributed by atoms with Crippen LogP contribution in [0.15, 0.2) is 23.1 Å². The predicted molar refractivity (Wildman–Crippen MR) is 74.0 cm³/mol. The summed E-state index contributed by atoms with van der Waals surface area (Å²) >= 11 is 0. The van der Waals surface area contributed by atoms with Gasteiger partial charge in [0.2, 0.25) is 0 Å². The summed E-state index contributed by atoms with van der Waals surface area (Å²) < 4.78 is 14.5. The van der Waals surface area contributed by atoms with E-state index < -0.39 is 11.0 Å². The van der Waals surface area contributed by atoms with Crippen LogP contribution < -0.4 is 0 Å². The standard InChI is InChI=1S/C14H21NO2S/c1-11(2)13-10-12(6-7-14(13)16)18(17)15-8-4-3-5-9-15/h6-7,10-11,16H,3-5,8-9H2,1-2H3. The second-order valence-corrected chi connectivity index (χ2v) is 6.60. The van der Waals surface area contributed by atoms with Gasteiger partial charge in [-0.1, -0.05) is 20.3 Å². The van der Waals surface area contributed by atoms with E-state index in [1.807, 2.05) is 24.2 Å². The highest BCUT2D eigenvalue weighted by Gasteiger charge is 2.19. The normalized spacial score (nSPS) is 19.1. The van der Waals surface area contributed by atoms with E-state index in [9.17, 15) is 9.32 Å².